The van der Waals surface area contributed by atoms with Crippen LogP contribution >= 0.6 is 0 Å². The van der Waals surface area contributed by atoms with Gasteiger partial charge in [-0.05, 0) is 36.1 Å². The molecule has 0 aromatic heterocycles. The summed E-state index contributed by atoms with van der Waals surface area (Å²) in [5, 5.41) is 0. The predicted molar refractivity (Wildman–Crippen MR) is 90.1 cm³/mol. The molecule has 0 aliphatic carbocycles. The third-order valence-corrected chi connectivity index (χ3v) is 4.54. The number of amides is 2. The second kappa shape index (κ2) is 6.71. The van der Waals surface area contributed by atoms with Crippen LogP contribution in [0.2, 0.25) is 0 Å². The van der Waals surface area contributed by atoms with E-state index in [1.807, 2.05) is 36.9 Å². The Hall–Kier alpha value is -2.24. The largest absolute Gasteiger partial charge is 0.497 e. The highest BCUT2D eigenvalue weighted by Gasteiger charge is 2.37. The number of hydrogen-bond donors (Lipinski definition) is 0. The number of benzene rings is 1. The van der Waals surface area contributed by atoms with Crippen LogP contribution in [-0.2, 0) is 16.1 Å². The van der Waals surface area contributed by atoms with E-state index >= 15 is 0 Å². The summed E-state index contributed by atoms with van der Waals surface area (Å²) in [7, 11) is 1.61. The highest BCUT2D eigenvalue weighted by molar-refractivity contribution is 5.91. The molecule has 0 spiro atoms. The number of carbonyl (C=O) groups excluding carboxylic acids is 2. The van der Waals surface area contributed by atoms with Gasteiger partial charge in [0.25, 0.3) is 0 Å². The molecule has 6 heteroatoms. The third-order valence-electron chi connectivity index (χ3n) is 4.54. The fourth-order valence-corrected chi connectivity index (χ4v) is 3.30. The Labute approximate surface area is 142 Å². The van der Waals surface area contributed by atoms with Gasteiger partial charge in [0.15, 0.2) is 0 Å². The molecular formula is C18H24N2O4. The van der Waals surface area contributed by atoms with Gasteiger partial charge in [-0.1, -0.05) is 13.8 Å². The molecule has 1 unspecified atom stereocenters. The highest BCUT2D eigenvalue weighted by atomic mass is 16.6. The van der Waals surface area contributed by atoms with E-state index in [4.69, 9.17) is 9.47 Å². The number of methoxy groups -OCH3 is 1. The van der Waals surface area contributed by atoms with Crippen molar-refractivity contribution in [3.05, 3.63) is 23.8 Å². The molecule has 1 atom stereocenters. The fraction of sp³-hybridized carbons (Fsp3) is 0.556. The van der Waals surface area contributed by atoms with Crippen molar-refractivity contribution in [2.45, 2.75) is 39.3 Å². The summed E-state index contributed by atoms with van der Waals surface area (Å²) >= 11 is 0. The Morgan fingerprint density at radius 1 is 1.42 bits per heavy atom. The van der Waals surface area contributed by atoms with E-state index < -0.39 is 0 Å². The lowest BCUT2D eigenvalue weighted by Gasteiger charge is -2.33. The van der Waals surface area contributed by atoms with Crippen LogP contribution in [0.5, 0.6) is 5.75 Å². The first-order valence-corrected chi connectivity index (χ1v) is 8.40. The van der Waals surface area contributed by atoms with Gasteiger partial charge in [0.05, 0.1) is 18.8 Å². The molecule has 2 heterocycles. The first-order chi connectivity index (χ1) is 11.5. The van der Waals surface area contributed by atoms with Gasteiger partial charge in [-0.3, -0.25) is 9.69 Å². The summed E-state index contributed by atoms with van der Waals surface area (Å²) in [5.74, 6) is 1.19. The number of cyclic esters (lactones) is 1. The molecule has 0 bridgehead atoms. The number of hydrogen-bond acceptors (Lipinski definition) is 4. The van der Waals surface area contributed by atoms with E-state index in [0.717, 1.165) is 23.4 Å². The molecule has 0 N–H and O–H groups in total. The van der Waals surface area contributed by atoms with Crippen LogP contribution in [0, 0.1) is 5.92 Å². The number of anilines is 1. The zero-order valence-electron chi connectivity index (χ0n) is 14.4. The number of fused-ring (bicyclic) bond motifs is 3. The minimum Gasteiger partial charge on any atom is -0.497 e. The Bertz CT molecular complexity index is 644. The van der Waals surface area contributed by atoms with E-state index in [1.54, 1.807) is 12.0 Å². The van der Waals surface area contributed by atoms with Crippen LogP contribution in [0.15, 0.2) is 18.2 Å². The van der Waals surface area contributed by atoms with Gasteiger partial charge >= 0.3 is 6.09 Å². The molecule has 2 aliphatic heterocycles. The smallest absolute Gasteiger partial charge is 0.414 e. The highest BCUT2D eigenvalue weighted by Crippen LogP contribution is 2.34. The Morgan fingerprint density at radius 3 is 2.92 bits per heavy atom. The minimum absolute atomic E-state index is 0.0284. The normalized spacial score (nSPS) is 20.2. The number of ether oxygens (including phenoxy) is 2. The molecule has 1 saturated heterocycles. The molecule has 1 aromatic rings. The van der Waals surface area contributed by atoms with E-state index in [-0.39, 0.29) is 18.0 Å². The second-order valence-corrected chi connectivity index (χ2v) is 6.80. The molecule has 1 fully saturated rings. The van der Waals surface area contributed by atoms with Crippen molar-refractivity contribution in [1.29, 1.82) is 0 Å². The first-order valence-electron chi connectivity index (χ1n) is 8.40. The SMILES string of the molecule is COc1ccc2c(c1)CN(C(=O)CC(C)C)CCC1COC(=O)N21. The van der Waals surface area contributed by atoms with Gasteiger partial charge in [-0.25, -0.2) is 4.79 Å². The Morgan fingerprint density at radius 2 is 2.21 bits per heavy atom. The molecule has 130 valence electrons. The van der Waals surface area contributed by atoms with Crippen molar-refractivity contribution in [1.82, 2.24) is 4.90 Å². The Kier molecular flexibility index (Phi) is 4.64. The van der Waals surface area contributed by atoms with Crippen LogP contribution in [0.3, 0.4) is 0 Å². The van der Waals surface area contributed by atoms with Gasteiger partial charge in [-0.2, -0.15) is 0 Å². The lowest BCUT2D eigenvalue weighted by atomic mass is 10.0. The number of nitrogens with zero attached hydrogens (tertiary/aromatic N) is 2. The van der Waals surface area contributed by atoms with Crippen molar-refractivity contribution < 1.29 is 19.1 Å². The molecule has 1 aromatic carbocycles. The van der Waals surface area contributed by atoms with Crippen LogP contribution in [0.1, 0.15) is 32.3 Å². The van der Waals surface area contributed by atoms with Gasteiger partial charge in [0.2, 0.25) is 5.91 Å². The van der Waals surface area contributed by atoms with Crippen LogP contribution in [0.25, 0.3) is 0 Å². The van der Waals surface area contributed by atoms with E-state index in [1.165, 1.54) is 0 Å². The van der Waals surface area contributed by atoms with Gasteiger partial charge in [0.1, 0.15) is 12.4 Å². The van der Waals surface area contributed by atoms with Crippen molar-refractivity contribution in [2.75, 3.05) is 25.2 Å². The monoisotopic (exact) mass is 332 g/mol. The number of rotatable bonds is 3. The molecule has 2 aliphatic rings. The summed E-state index contributed by atoms with van der Waals surface area (Å²) in [6.45, 7) is 5.57. The Balaban J connectivity index is 1.96. The fourth-order valence-electron chi connectivity index (χ4n) is 3.30. The lowest BCUT2D eigenvalue weighted by molar-refractivity contribution is -0.132. The van der Waals surface area contributed by atoms with E-state index in [9.17, 15) is 9.59 Å². The lowest BCUT2D eigenvalue weighted by Crippen LogP contribution is -2.42. The topological polar surface area (TPSA) is 59.1 Å². The molecule has 6 nitrogen and oxygen atoms in total. The van der Waals surface area contributed by atoms with E-state index in [2.05, 4.69) is 0 Å². The summed E-state index contributed by atoms with van der Waals surface area (Å²) in [5.41, 5.74) is 1.72. The standard InChI is InChI=1S/C18H24N2O4/c1-12(2)8-17(21)19-7-6-14-11-24-18(22)20(14)16-5-4-15(23-3)9-13(16)10-19/h4-5,9,12,14H,6-8,10-11H2,1-3H3. The second-order valence-electron chi connectivity index (χ2n) is 6.80. The van der Waals surface area contributed by atoms with Crippen molar-refractivity contribution in [3.63, 3.8) is 0 Å². The minimum atomic E-state index is -0.312. The first kappa shape index (κ1) is 16.6. The maximum atomic E-state index is 12.6. The van der Waals surface area contributed by atoms with Crippen molar-refractivity contribution >= 4 is 17.7 Å². The number of carbonyl (C=O) groups is 2. The summed E-state index contributed by atoms with van der Waals surface area (Å²) in [6, 6.07) is 5.59. The van der Waals surface area contributed by atoms with E-state index in [0.29, 0.717) is 32.0 Å². The van der Waals surface area contributed by atoms with Crippen LogP contribution < -0.4 is 9.64 Å². The average Bonchev–Trinajstić information content (AvgIpc) is 2.88. The van der Waals surface area contributed by atoms with Gasteiger partial charge < -0.3 is 14.4 Å². The third kappa shape index (κ3) is 3.18. The van der Waals surface area contributed by atoms with Crippen molar-refractivity contribution in [2.24, 2.45) is 5.92 Å². The molecule has 3 rings (SSSR count). The summed E-state index contributed by atoms with van der Waals surface area (Å²) in [4.78, 5) is 28.3. The predicted octanol–water partition coefficient (Wildman–Crippen LogP) is 2.80. The molecule has 2 amide bonds. The molecule has 0 radical (unpaired) electrons. The molecule has 24 heavy (non-hydrogen) atoms. The van der Waals surface area contributed by atoms with Crippen LogP contribution in [0.4, 0.5) is 10.5 Å². The molecular weight excluding hydrogens is 308 g/mol. The quantitative estimate of drug-likeness (QED) is 0.854. The van der Waals surface area contributed by atoms with Gasteiger partial charge in [0, 0.05) is 19.5 Å². The summed E-state index contributed by atoms with van der Waals surface area (Å²) in [6.07, 6.45) is 0.942. The van der Waals surface area contributed by atoms with Crippen LogP contribution in [-0.4, -0.2) is 43.2 Å². The zero-order chi connectivity index (χ0) is 17.3. The zero-order valence-corrected chi connectivity index (χ0v) is 14.4. The maximum Gasteiger partial charge on any atom is 0.414 e. The molecule has 0 saturated carbocycles. The average molecular weight is 332 g/mol. The maximum absolute atomic E-state index is 12.6. The van der Waals surface area contributed by atoms with Crippen molar-refractivity contribution in [3.8, 4) is 5.75 Å². The summed E-state index contributed by atoms with van der Waals surface area (Å²) < 4.78 is 10.5. The van der Waals surface area contributed by atoms with Gasteiger partial charge in [-0.15, -0.1) is 0 Å².